The number of carbonyl (C=O) groups is 3. The molecule has 0 aliphatic carbocycles. The summed E-state index contributed by atoms with van der Waals surface area (Å²) in [6, 6.07) is 8.18. The van der Waals surface area contributed by atoms with Gasteiger partial charge in [0.15, 0.2) is 0 Å². The Labute approximate surface area is 129 Å². The van der Waals surface area contributed by atoms with Crippen LogP contribution in [0, 0.1) is 5.92 Å². The standard InChI is InChI=1S/C16H21NO5/c1-12(2)10-21-15(19)8-14(9-18)17-16(20)22-11-13-6-4-3-5-7-13/h3-7,9,12,14H,8,10-11H2,1-2H3,(H,17,20)/t14-/m1/s1. The molecule has 1 rings (SSSR count). The SMILES string of the molecule is CC(C)COC(=O)C[C@H](C=O)NC(=O)OCc1ccccc1. The molecule has 1 aromatic rings. The third kappa shape index (κ3) is 7.42. The molecule has 0 heterocycles. The quantitative estimate of drug-likeness (QED) is 0.587. The van der Waals surface area contributed by atoms with Gasteiger partial charge in [-0.1, -0.05) is 44.2 Å². The molecule has 1 aromatic carbocycles. The molecule has 6 nitrogen and oxygen atoms in total. The number of nitrogens with one attached hydrogen (secondary N) is 1. The number of alkyl carbamates (subject to hydrolysis) is 1. The molecule has 0 aliphatic rings. The van der Waals surface area contributed by atoms with Gasteiger partial charge in [0.25, 0.3) is 0 Å². The molecule has 1 amide bonds. The summed E-state index contributed by atoms with van der Waals surface area (Å²) in [6.07, 6.45) is -0.477. The van der Waals surface area contributed by atoms with E-state index in [2.05, 4.69) is 5.32 Å². The summed E-state index contributed by atoms with van der Waals surface area (Å²) in [7, 11) is 0. The van der Waals surface area contributed by atoms with Crippen LogP contribution in [-0.4, -0.2) is 31.0 Å². The van der Waals surface area contributed by atoms with E-state index < -0.39 is 18.1 Å². The van der Waals surface area contributed by atoms with Gasteiger partial charge in [0.05, 0.1) is 19.1 Å². The summed E-state index contributed by atoms with van der Waals surface area (Å²) < 4.78 is 9.94. The highest BCUT2D eigenvalue weighted by atomic mass is 16.5. The van der Waals surface area contributed by atoms with Gasteiger partial charge >= 0.3 is 12.1 Å². The Hall–Kier alpha value is -2.37. The molecular weight excluding hydrogens is 286 g/mol. The Morgan fingerprint density at radius 1 is 1.18 bits per heavy atom. The Balaban J connectivity index is 2.33. The van der Waals surface area contributed by atoms with Crippen molar-refractivity contribution in [2.75, 3.05) is 6.61 Å². The third-order valence-electron chi connectivity index (χ3n) is 2.64. The maximum atomic E-state index is 11.6. The molecule has 0 aliphatic heterocycles. The zero-order chi connectivity index (χ0) is 16.4. The molecule has 0 spiro atoms. The lowest BCUT2D eigenvalue weighted by Crippen LogP contribution is -2.38. The van der Waals surface area contributed by atoms with Gasteiger partial charge in [-0.05, 0) is 11.5 Å². The lowest BCUT2D eigenvalue weighted by molar-refractivity contribution is -0.145. The average molecular weight is 307 g/mol. The van der Waals surface area contributed by atoms with E-state index in [1.54, 1.807) is 0 Å². The first-order valence-corrected chi connectivity index (χ1v) is 7.09. The van der Waals surface area contributed by atoms with Gasteiger partial charge in [-0.15, -0.1) is 0 Å². The van der Waals surface area contributed by atoms with Crippen molar-refractivity contribution < 1.29 is 23.9 Å². The van der Waals surface area contributed by atoms with E-state index in [0.29, 0.717) is 6.29 Å². The Kier molecular flexibility index (Phi) is 7.67. The minimum Gasteiger partial charge on any atom is -0.465 e. The first-order valence-electron chi connectivity index (χ1n) is 7.09. The lowest BCUT2D eigenvalue weighted by Gasteiger charge is -2.13. The van der Waals surface area contributed by atoms with Crippen molar-refractivity contribution in [2.45, 2.75) is 32.9 Å². The molecular formula is C16H21NO5. The van der Waals surface area contributed by atoms with E-state index >= 15 is 0 Å². The fourth-order valence-electron chi connectivity index (χ4n) is 1.55. The van der Waals surface area contributed by atoms with E-state index in [-0.39, 0.29) is 25.6 Å². The van der Waals surface area contributed by atoms with Crippen molar-refractivity contribution in [2.24, 2.45) is 5.92 Å². The van der Waals surface area contributed by atoms with Crippen LogP contribution < -0.4 is 5.32 Å². The van der Waals surface area contributed by atoms with E-state index in [1.165, 1.54) is 0 Å². The number of ether oxygens (including phenoxy) is 2. The fraction of sp³-hybridized carbons (Fsp3) is 0.438. The smallest absolute Gasteiger partial charge is 0.408 e. The van der Waals surface area contributed by atoms with Crippen LogP contribution in [0.25, 0.3) is 0 Å². The molecule has 22 heavy (non-hydrogen) atoms. The number of aldehydes is 1. The summed E-state index contributed by atoms with van der Waals surface area (Å²) in [5, 5.41) is 2.33. The molecule has 0 aromatic heterocycles. The molecule has 120 valence electrons. The molecule has 0 bridgehead atoms. The maximum absolute atomic E-state index is 11.6. The number of carbonyl (C=O) groups excluding carboxylic acids is 3. The summed E-state index contributed by atoms with van der Waals surface area (Å²) in [6.45, 7) is 4.19. The second-order valence-corrected chi connectivity index (χ2v) is 5.23. The van der Waals surface area contributed by atoms with Gasteiger partial charge in [0.1, 0.15) is 12.9 Å². The number of hydrogen-bond acceptors (Lipinski definition) is 5. The molecule has 1 atom stereocenters. The van der Waals surface area contributed by atoms with Crippen molar-refractivity contribution in [1.29, 1.82) is 0 Å². The Bertz CT molecular complexity index is 487. The highest BCUT2D eigenvalue weighted by Crippen LogP contribution is 2.02. The second kappa shape index (κ2) is 9.55. The van der Waals surface area contributed by atoms with Crippen molar-refractivity contribution in [3.63, 3.8) is 0 Å². The van der Waals surface area contributed by atoms with Crippen LogP contribution in [0.1, 0.15) is 25.8 Å². The summed E-state index contributed by atoms with van der Waals surface area (Å²) in [4.78, 5) is 34.0. The van der Waals surface area contributed by atoms with Crippen molar-refractivity contribution in [3.05, 3.63) is 35.9 Å². The average Bonchev–Trinajstić information content (AvgIpc) is 2.51. The van der Waals surface area contributed by atoms with Gasteiger partial charge in [-0.2, -0.15) is 0 Å². The molecule has 0 unspecified atom stereocenters. The minimum absolute atomic E-state index is 0.0933. The number of hydrogen-bond donors (Lipinski definition) is 1. The summed E-state index contributed by atoms with van der Waals surface area (Å²) in [5.41, 5.74) is 0.830. The molecule has 0 radical (unpaired) electrons. The molecule has 1 N–H and O–H groups in total. The van der Waals surface area contributed by atoms with Gasteiger partial charge in [-0.3, -0.25) is 4.79 Å². The van der Waals surface area contributed by atoms with Crippen LogP contribution >= 0.6 is 0 Å². The largest absolute Gasteiger partial charge is 0.465 e. The Morgan fingerprint density at radius 2 is 1.86 bits per heavy atom. The predicted molar refractivity (Wildman–Crippen MR) is 80.0 cm³/mol. The van der Waals surface area contributed by atoms with E-state index in [9.17, 15) is 14.4 Å². The van der Waals surface area contributed by atoms with Crippen LogP contribution in [0.2, 0.25) is 0 Å². The van der Waals surface area contributed by atoms with Crippen molar-refractivity contribution in [3.8, 4) is 0 Å². The summed E-state index contributed by atoms with van der Waals surface area (Å²) in [5.74, 6) is -0.323. The molecule has 0 saturated carbocycles. The number of amides is 1. The zero-order valence-corrected chi connectivity index (χ0v) is 12.8. The van der Waals surface area contributed by atoms with Crippen LogP contribution in [0.4, 0.5) is 4.79 Å². The maximum Gasteiger partial charge on any atom is 0.408 e. The van der Waals surface area contributed by atoms with E-state index in [0.717, 1.165) is 5.56 Å². The Morgan fingerprint density at radius 3 is 2.45 bits per heavy atom. The third-order valence-corrected chi connectivity index (χ3v) is 2.64. The topological polar surface area (TPSA) is 81.7 Å². The fourth-order valence-corrected chi connectivity index (χ4v) is 1.55. The highest BCUT2D eigenvalue weighted by Gasteiger charge is 2.17. The van der Waals surface area contributed by atoms with Crippen molar-refractivity contribution in [1.82, 2.24) is 5.32 Å². The number of esters is 1. The number of benzene rings is 1. The monoisotopic (exact) mass is 307 g/mol. The van der Waals surface area contributed by atoms with Crippen LogP contribution in [0.3, 0.4) is 0 Å². The van der Waals surface area contributed by atoms with Gasteiger partial charge in [0.2, 0.25) is 0 Å². The summed E-state index contributed by atoms with van der Waals surface area (Å²) >= 11 is 0. The molecule has 0 fully saturated rings. The minimum atomic E-state index is -0.956. The second-order valence-electron chi connectivity index (χ2n) is 5.23. The van der Waals surface area contributed by atoms with Gasteiger partial charge in [0, 0.05) is 0 Å². The van der Waals surface area contributed by atoms with Crippen LogP contribution in [-0.2, 0) is 25.7 Å². The van der Waals surface area contributed by atoms with E-state index in [4.69, 9.17) is 9.47 Å². The van der Waals surface area contributed by atoms with E-state index in [1.807, 2.05) is 44.2 Å². The molecule has 0 saturated heterocycles. The van der Waals surface area contributed by atoms with Gasteiger partial charge in [-0.25, -0.2) is 4.79 Å². The van der Waals surface area contributed by atoms with Crippen LogP contribution in [0.15, 0.2) is 30.3 Å². The highest BCUT2D eigenvalue weighted by molar-refractivity contribution is 5.79. The van der Waals surface area contributed by atoms with Crippen molar-refractivity contribution >= 4 is 18.3 Å². The number of rotatable bonds is 8. The normalized spacial score (nSPS) is 11.6. The van der Waals surface area contributed by atoms with Gasteiger partial charge < -0.3 is 19.6 Å². The zero-order valence-electron chi connectivity index (χ0n) is 12.8. The first kappa shape index (κ1) is 17.7. The molecule has 6 heteroatoms. The first-order chi connectivity index (χ1) is 10.5. The van der Waals surface area contributed by atoms with Crippen LogP contribution in [0.5, 0.6) is 0 Å². The lowest BCUT2D eigenvalue weighted by atomic mass is 10.2. The predicted octanol–water partition coefficient (Wildman–Crippen LogP) is 2.07.